The van der Waals surface area contributed by atoms with Crippen LogP contribution in [-0.2, 0) is 4.74 Å². The summed E-state index contributed by atoms with van der Waals surface area (Å²) in [5.41, 5.74) is 5.80. The minimum Gasteiger partial charge on any atom is -0.379 e. The van der Waals surface area contributed by atoms with Gasteiger partial charge in [-0.15, -0.1) is 0 Å². The Morgan fingerprint density at radius 3 is 2.69 bits per heavy atom. The van der Waals surface area contributed by atoms with Crippen molar-refractivity contribution in [2.45, 2.75) is 12.5 Å². The van der Waals surface area contributed by atoms with Crippen LogP contribution in [-0.4, -0.2) is 43.8 Å². The van der Waals surface area contributed by atoms with Gasteiger partial charge >= 0.3 is 0 Å². The van der Waals surface area contributed by atoms with Gasteiger partial charge in [0.1, 0.15) is 0 Å². The first-order valence-electron chi connectivity index (χ1n) is 5.08. The molecule has 1 heterocycles. The molecule has 13 heavy (non-hydrogen) atoms. The first-order valence-corrected chi connectivity index (χ1v) is 5.08. The van der Waals surface area contributed by atoms with Crippen LogP contribution in [0.25, 0.3) is 0 Å². The van der Waals surface area contributed by atoms with Gasteiger partial charge in [0.15, 0.2) is 0 Å². The highest BCUT2D eigenvalue weighted by atomic mass is 16.5. The van der Waals surface area contributed by atoms with Gasteiger partial charge < -0.3 is 10.5 Å². The number of nitrogens with zero attached hydrogens (tertiary/aromatic N) is 1. The standard InChI is InChI=1S/C10H18N2O/c11-10-2-1-9(7-10)8-12-3-5-13-6-4-12/h1-2,9-10H,3-8,11H2/t9-,10?/m0/s1. The predicted molar refractivity (Wildman–Crippen MR) is 52.5 cm³/mol. The first-order chi connectivity index (χ1) is 6.34. The van der Waals surface area contributed by atoms with E-state index in [2.05, 4.69) is 17.1 Å². The van der Waals surface area contributed by atoms with Crippen LogP contribution in [0.1, 0.15) is 6.42 Å². The summed E-state index contributed by atoms with van der Waals surface area (Å²) in [5.74, 6) is 0.674. The molecule has 0 saturated carbocycles. The Morgan fingerprint density at radius 1 is 1.31 bits per heavy atom. The van der Waals surface area contributed by atoms with E-state index in [-0.39, 0.29) is 0 Å². The molecule has 1 saturated heterocycles. The van der Waals surface area contributed by atoms with Gasteiger partial charge in [-0.1, -0.05) is 12.2 Å². The second kappa shape index (κ2) is 4.22. The van der Waals surface area contributed by atoms with Crippen LogP contribution in [0.15, 0.2) is 12.2 Å². The van der Waals surface area contributed by atoms with Crippen molar-refractivity contribution in [2.75, 3.05) is 32.8 Å². The molecule has 0 radical (unpaired) electrons. The molecule has 0 aromatic rings. The number of morpholine rings is 1. The van der Waals surface area contributed by atoms with Gasteiger partial charge in [0.05, 0.1) is 13.2 Å². The maximum absolute atomic E-state index is 5.80. The van der Waals surface area contributed by atoms with Gasteiger partial charge in [-0.05, 0) is 12.3 Å². The molecule has 1 aliphatic carbocycles. The molecule has 0 bridgehead atoms. The topological polar surface area (TPSA) is 38.5 Å². The smallest absolute Gasteiger partial charge is 0.0594 e. The van der Waals surface area contributed by atoms with Gasteiger partial charge in [0.2, 0.25) is 0 Å². The summed E-state index contributed by atoms with van der Waals surface area (Å²) in [5, 5.41) is 0. The summed E-state index contributed by atoms with van der Waals surface area (Å²) >= 11 is 0. The highest BCUT2D eigenvalue weighted by Gasteiger charge is 2.19. The van der Waals surface area contributed by atoms with Crippen molar-refractivity contribution in [1.82, 2.24) is 4.90 Å². The number of ether oxygens (including phenoxy) is 1. The molecule has 3 heteroatoms. The average molecular weight is 182 g/mol. The minimum absolute atomic E-state index is 0.297. The fourth-order valence-corrected chi connectivity index (χ4v) is 2.06. The summed E-state index contributed by atoms with van der Waals surface area (Å²) < 4.78 is 5.30. The second-order valence-corrected chi connectivity index (χ2v) is 3.96. The van der Waals surface area contributed by atoms with E-state index in [1.807, 2.05) is 0 Å². The molecule has 2 aliphatic rings. The lowest BCUT2D eigenvalue weighted by Crippen LogP contribution is -2.39. The van der Waals surface area contributed by atoms with Gasteiger partial charge in [-0.3, -0.25) is 4.90 Å². The van der Waals surface area contributed by atoms with Crippen molar-refractivity contribution in [3.63, 3.8) is 0 Å². The number of hydrogen-bond acceptors (Lipinski definition) is 3. The summed E-state index contributed by atoms with van der Waals surface area (Å²) in [7, 11) is 0. The summed E-state index contributed by atoms with van der Waals surface area (Å²) in [6.45, 7) is 5.11. The van der Waals surface area contributed by atoms with Gasteiger partial charge in [0, 0.05) is 25.7 Å². The largest absolute Gasteiger partial charge is 0.379 e. The van der Waals surface area contributed by atoms with Crippen LogP contribution in [0.5, 0.6) is 0 Å². The van der Waals surface area contributed by atoms with Crippen LogP contribution in [0, 0.1) is 5.92 Å². The van der Waals surface area contributed by atoms with Crippen molar-refractivity contribution in [2.24, 2.45) is 11.7 Å². The van der Waals surface area contributed by atoms with Gasteiger partial charge in [-0.2, -0.15) is 0 Å². The van der Waals surface area contributed by atoms with E-state index in [1.54, 1.807) is 0 Å². The molecule has 2 atom stereocenters. The Morgan fingerprint density at radius 2 is 2.08 bits per heavy atom. The molecule has 0 aromatic carbocycles. The third-order valence-corrected chi connectivity index (χ3v) is 2.80. The molecule has 0 amide bonds. The zero-order valence-electron chi connectivity index (χ0n) is 7.98. The number of hydrogen-bond donors (Lipinski definition) is 1. The average Bonchev–Trinajstić information content (AvgIpc) is 2.53. The molecule has 74 valence electrons. The second-order valence-electron chi connectivity index (χ2n) is 3.96. The van der Waals surface area contributed by atoms with Crippen LogP contribution >= 0.6 is 0 Å². The zero-order chi connectivity index (χ0) is 9.10. The van der Waals surface area contributed by atoms with E-state index in [0.717, 1.165) is 39.3 Å². The molecule has 3 nitrogen and oxygen atoms in total. The Bertz CT molecular complexity index is 187. The Labute approximate surface area is 79.5 Å². The lowest BCUT2D eigenvalue weighted by atomic mass is 10.1. The van der Waals surface area contributed by atoms with Gasteiger partial charge in [0.25, 0.3) is 0 Å². The Balaban J connectivity index is 1.74. The lowest BCUT2D eigenvalue weighted by molar-refractivity contribution is 0.0333. The molecular weight excluding hydrogens is 164 g/mol. The van der Waals surface area contributed by atoms with Crippen molar-refractivity contribution in [3.05, 3.63) is 12.2 Å². The predicted octanol–water partition coefficient (Wildman–Crippen LogP) is 0.222. The van der Waals surface area contributed by atoms with E-state index >= 15 is 0 Å². The quantitative estimate of drug-likeness (QED) is 0.621. The highest BCUT2D eigenvalue weighted by molar-refractivity contribution is 5.05. The third-order valence-electron chi connectivity index (χ3n) is 2.80. The number of rotatable bonds is 2. The molecular formula is C10H18N2O. The van der Waals surface area contributed by atoms with Crippen LogP contribution in [0.4, 0.5) is 0 Å². The van der Waals surface area contributed by atoms with E-state index < -0.39 is 0 Å². The summed E-state index contributed by atoms with van der Waals surface area (Å²) in [6.07, 6.45) is 5.52. The monoisotopic (exact) mass is 182 g/mol. The minimum atomic E-state index is 0.297. The fourth-order valence-electron chi connectivity index (χ4n) is 2.06. The molecule has 2 rings (SSSR count). The van der Waals surface area contributed by atoms with E-state index in [0.29, 0.717) is 12.0 Å². The zero-order valence-corrected chi connectivity index (χ0v) is 7.98. The van der Waals surface area contributed by atoms with Crippen molar-refractivity contribution in [1.29, 1.82) is 0 Å². The normalized spacial score (nSPS) is 35.5. The van der Waals surface area contributed by atoms with E-state index in [9.17, 15) is 0 Å². The third kappa shape index (κ3) is 2.53. The molecule has 1 unspecified atom stereocenters. The van der Waals surface area contributed by atoms with Gasteiger partial charge in [-0.25, -0.2) is 0 Å². The molecule has 1 aliphatic heterocycles. The lowest BCUT2D eigenvalue weighted by Gasteiger charge is -2.28. The van der Waals surface area contributed by atoms with Crippen LogP contribution in [0.3, 0.4) is 0 Å². The van der Waals surface area contributed by atoms with E-state index in [4.69, 9.17) is 10.5 Å². The van der Waals surface area contributed by atoms with Crippen LogP contribution < -0.4 is 5.73 Å². The Hall–Kier alpha value is -0.380. The van der Waals surface area contributed by atoms with Crippen molar-refractivity contribution in [3.8, 4) is 0 Å². The van der Waals surface area contributed by atoms with Crippen molar-refractivity contribution < 1.29 is 4.74 Å². The summed E-state index contributed by atoms with van der Waals surface area (Å²) in [4.78, 5) is 2.47. The first kappa shape index (κ1) is 9.19. The molecule has 0 aromatic heterocycles. The number of nitrogens with two attached hydrogens (primary N) is 1. The maximum Gasteiger partial charge on any atom is 0.0594 e. The SMILES string of the molecule is NC1C=C[C@H](CN2CCOCC2)C1. The fraction of sp³-hybridized carbons (Fsp3) is 0.800. The maximum atomic E-state index is 5.80. The van der Waals surface area contributed by atoms with Crippen LogP contribution in [0.2, 0.25) is 0 Å². The molecule has 0 spiro atoms. The molecule has 2 N–H and O–H groups in total. The van der Waals surface area contributed by atoms with Crippen molar-refractivity contribution >= 4 is 0 Å². The van der Waals surface area contributed by atoms with E-state index in [1.165, 1.54) is 0 Å². The molecule has 1 fully saturated rings. The summed E-state index contributed by atoms with van der Waals surface area (Å²) in [6, 6.07) is 0.297. The Kier molecular flexibility index (Phi) is 2.98. The highest BCUT2D eigenvalue weighted by Crippen LogP contribution is 2.17.